The van der Waals surface area contributed by atoms with Crippen molar-refractivity contribution >= 4 is 0 Å². The Bertz CT molecular complexity index is 187. The zero-order valence-corrected chi connectivity index (χ0v) is 6.30. The summed E-state index contributed by atoms with van der Waals surface area (Å²) in [6, 6.07) is 0. The summed E-state index contributed by atoms with van der Waals surface area (Å²) in [5, 5.41) is 0. The van der Waals surface area contributed by atoms with E-state index >= 15 is 0 Å². The molecule has 0 spiro atoms. The van der Waals surface area contributed by atoms with Crippen molar-refractivity contribution in [2.75, 3.05) is 0 Å². The second-order valence-corrected chi connectivity index (χ2v) is 1.81. The molecule has 0 saturated heterocycles. The normalized spacial score (nSPS) is 11.4. The van der Waals surface area contributed by atoms with Crippen molar-refractivity contribution in [1.29, 1.82) is 0 Å². The molecule has 0 bridgehead atoms. The highest BCUT2D eigenvalue weighted by atomic mass is 13.8. The van der Waals surface area contributed by atoms with Gasteiger partial charge in [-0.2, -0.15) is 0 Å². The molecule has 0 heteroatoms. The molecule has 0 unspecified atom stereocenters. The van der Waals surface area contributed by atoms with Gasteiger partial charge in [-0.1, -0.05) is 43.7 Å². The third-order valence-corrected chi connectivity index (χ3v) is 1.11. The van der Waals surface area contributed by atoms with E-state index in [1.54, 1.807) is 6.08 Å². The molecule has 0 rings (SSSR count). The van der Waals surface area contributed by atoms with Crippen LogP contribution in [0, 0.1) is 12.3 Å². The monoisotopic (exact) mass is 132 g/mol. The van der Waals surface area contributed by atoms with Gasteiger partial charge in [-0.05, 0) is 6.42 Å². The molecule has 10 heavy (non-hydrogen) atoms. The minimum Gasteiger partial charge on any atom is -0.115 e. The van der Waals surface area contributed by atoms with Crippen LogP contribution < -0.4 is 0 Å². The molecule has 0 fully saturated rings. The van der Waals surface area contributed by atoms with Gasteiger partial charge in [0.05, 0.1) is 0 Å². The number of rotatable bonds is 3. The quantitative estimate of drug-likeness (QED) is 0.409. The number of hydrogen-bond acceptors (Lipinski definition) is 0. The smallest absolute Gasteiger partial charge is 0.00148 e. The molecule has 0 amide bonds. The highest BCUT2D eigenvalue weighted by molar-refractivity contribution is 5.29. The van der Waals surface area contributed by atoms with Crippen LogP contribution in [0.2, 0.25) is 0 Å². The van der Waals surface area contributed by atoms with Crippen LogP contribution in [0.15, 0.2) is 36.5 Å². The molecule has 0 aliphatic rings. The van der Waals surface area contributed by atoms with E-state index in [2.05, 4.69) is 12.5 Å². The number of terminal acetylenes is 1. The minimum absolute atomic E-state index is 0.915. The van der Waals surface area contributed by atoms with Crippen LogP contribution in [0.1, 0.15) is 13.3 Å². The zero-order valence-electron chi connectivity index (χ0n) is 6.30. The summed E-state index contributed by atoms with van der Waals surface area (Å²) in [7, 11) is 0. The van der Waals surface area contributed by atoms with Crippen molar-refractivity contribution in [3.8, 4) is 12.3 Å². The van der Waals surface area contributed by atoms with Gasteiger partial charge < -0.3 is 0 Å². The fourth-order valence-electron chi connectivity index (χ4n) is 0.518. The Kier molecular flexibility index (Phi) is 5.19. The first-order valence-corrected chi connectivity index (χ1v) is 3.30. The number of hydrogen-bond donors (Lipinski definition) is 0. The Hall–Kier alpha value is -1.22. The van der Waals surface area contributed by atoms with Crippen molar-refractivity contribution in [2.45, 2.75) is 13.3 Å². The van der Waals surface area contributed by atoms with Crippen LogP contribution in [0.5, 0.6) is 0 Å². The summed E-state index contributed by atoms with van der Waals surface area (Å²) in [5.74, 6) is 2.59. The van der Waals surface area contributed by atoms with E-state index in [0.717, 1.165) is 12.0 Å². The predicted molar refractivity (Wildman–Crippen MR) is 46.5 cm³/mol. The maximum atomic E-state index is 5.19. The molecule has 0 aliphatic carbocycles. The van der Waals surface area contributed by atoms with Crippen molar-refractivity contribution < 1.29 is 0 Å². The first-order chi connectivity index (χ1) is 4.85. The van der Waals surface area contributed by atoms with E-state index in [1.165, 1.54) is 0 Å². The molecule has 0 aromatic rings. The SMILES string of the molecule is C#C/C(=C/C=C\C=C)CC. The molecule has 0 aliphatic heterocycles. The van der Waals surface area contributed by atoms with Crippen molar-refractivity contribution in [1.82, 2.24) is 0 Å². The summed E-state index contributed by atoms with van der Waals surface area (Å²) in [4.78, 5) is 0. The van der Waals surface area contributed by atoms with Gasteiger partial charge in [-0.3, -0.25) is 0 Å². The third kappa shape index (κ3) is 3.74. The van der Waals surface area contributed by atoms with Gasteiger partial charge in [0.2, 0.25) is 0 Å². The third-order valence-electron chi connectivity index (χ3n) is 1.11. The summed E-state index contributed by atoms with van der Waals surface area (Å²) in [6.45, 7) is 5.58. The summed E-state index contributed by atoms with van der Waals surface area (Å²) < 4.78 is 0. The molecular formula is C10H12. The fourth-order valence-corrected chi connectivity index (χ4v) is 0.518. The Labute approximate surface area is 63.0 Å². The lowest BCUT2D eigenvalue weighted by molar-refractivity contribution is 1.17. The molecule has 0 radical (unpaired) electrons. The lowest BCUT2D eigenvalue weighted by Crippen LogP contribution is -1.70. The standard InChI is InChI=1S/C10H12/c1-4-7-8-9-10(5-2)6-3/h2,4,7-9H,1,6H2,3H3/b8-7-,10-9-. The van der Waals surface area contributed by atoms with Crippen molar-refractivity contribution in [3.63, 3.8) is 0 Å². The van der Waals surface area contributed by atoms with E-state index in [-0.39, 0.29) is 0 Å². The van der Waals surface area contributed by atoms with Gasteiger partial charge in [0.1, 0.15) is 0 Å². The van der Waals surface area contributed by atoms with Crippen LogP contribution in [0.25, 0.3) is 0 Å². The second-order valence-electron chi connectivity index (χ2n) is 1.81. The molecular weight excluding hydrogens is 120 g/mol. The van der Waals surface area contributed by atoms with E-state index in [4.69, 9.17) is 6.42 Å². The van der Waals surface area contributed by atoms with Gasteiger partial charge in [0, 0.05) is 5.57 Å². The largest absolute Gasteiger partial charge is 0.115 e. The molecule has 0 N–H and O–H groups in total. The fraction of sp³-hybridized carbons (Fsp3) is 0.200. The van der Waals surface area contributed by atoms with Gasteiger partial charge in [-0.25, -0.2) is 0 Å². The van der Waals surface area contributed by atoms with Crippen molar-refractivity contribution in [3.05, 3.63) is 36.5 Å². The van der Waals surface area contributed by atoms with Gasteiger partial charge in [0.15, 0.2) is 0 Å². The van der Waals surface area contributed by atoms with E-state index in [1.807, 2.05) is 25.2 Å². The summed E-state index contributed by atoms with van der Waals surface area (Å²) in [5.41, 5.74) is 1.01. The first-order valence-electron chi connectivity index (χ1n) is 3.30. The summed E-state index contributed by atoms with van der Waals surface area (Å²) in [6.07, 6.45) is 13.5. The minimum atomic E-state index is 0.915. The lowest BCUT2D eigenvalue weighted by Gasteiger charge is -1.86. The predicted octanol–water partition coefficient (Wildman–Crippen LogP) is 2.70. The number of allylic oxidation sites excluding steroid dienone is 5. The Morgan fingerprint density at radius 1 is 1.60 bits per heavy atom. The summed E-state index contributed by atoms with van der Waals surface area (Å²) >= 11 is 0. The molecule has 0 heterocycles. The maximum Gasteiger partial charge on any atom is 0.00148 e. The topological polar surface area (TPSA) is 0 Å². The van der Waals surface area contributed by atoms with Crippen LogP contribution in [-0.2, 0) is 0 Å². The maximum absolute atomic E-state index is 5.19. The Balaban J connectivity index is 4.01. The molecule has 0 nitrogen and oxygen atoms in total. The van der Waals surface area contributed by atoms with Gasteiger partial charge >= 0.3 is 0 Å². The molecule has 0 aromatic carbocycles. The van der Waals surface area contributed by atoms with E-state index in [9.17, 15) is 0 Å². The van der Waals surface area contributed by atoms with Gasteiger partial charge in [-0.15, -0.1) is 6.42 Å². The highest BCUT2D eigenvalue weighted by Crippen LogP contribution is 1.97. The molecule has 0 aromatic heterocycles. The zero-order chi connectivity index (χ0) is 7.82. The average molecular weight is 132 g/mol. The molecule has 0 saturated carbocycles. The lowest BCUT2D eigenvalue weighted by atomic mass is 10.2. The van der Waals surface area contributed by atoms with Crippen LogP contribution in [-0.4, -0.2) is 0 Å². The Morgan fingerprint density at radius 2 is 2.30 bits per heavy atom. The molecule has 0 atom stereocenters. The molecule has 52 valence electrons. The Morgan fingerprint density at radius 3 is 2.70 bits per heavy atom. The van der Waals surface area contributed by atoms with Gasteiger partial charge in [0.25, 0.3) is 0 Å². The average Bonchev–Trinajstić information content (AvgIpc) is 1.99. The van der Waals surface area contributed by atoms with E-state index in [0.29, 0.717) is 0 Å². The highest BCUT2D eigenvalue weighted by Gasteiger charge is 1.80. The second kappa shape index (κ2) is 5.91. The van der Waals surface area contributed by atoms with E-state index < -0.39 is 0 Å². The van der Waals surface area contributed by atoms with Crippen LogP contribution in [0.3, 0.4) is 0 Å². The van der Waals surface area contributed by atoms with Crippen LogP contribution >= 0.6 is 0 Å². The first kappa shape index (κ1) is 8.78. The van der Waals surface area contributed by atoms with Crippen molar-refractivity contribution in [2.24, 2.45) is 0 Å². The van der Waals surface area contributed by atoms with Crippen LogP contribution in [0.4, 0.5) is 0 Å².